The van der Waals surface area contributed by atoms with Gasteiger partial charge in [0.2, 0.25) is 11.8 Å². The van der Waals surface area contributed by atoms with Crippen LogP contribution in [-0.2, 0) is 9.59 Å². The highest BCUT2D eigenvalue weighted by Crippen LogP contribution is 2.11. The maximum atomic E-state index is 11.7. The quantitative estimate of drug-likeness (QED) is 0.632. The zero-order valence-electron chi connectivity index (χ0n) is 11.4. The number of carbonyl (C=O) groups excluding carboxylic acids is 2. The largest absolute Gasteiger partial charge is 0.273 e. The standard InChI is InChI=1S/C14H16N4O2/c1-9-3-5-11(6-4-9)8-15-17-13(19)7-12-10(2)16-18-14(12)20/h3-6,8,12H,7H2,1-2H3,(H,17,19)(H,18,20)/b15-8-/t12-/m0/s1. The fourth-order valence-electron chi connectivity index (χ4n) is 1.79. The van der Waals surface area contributed by atoms with Gasteiger partial charge in [0.1, 0.15) is 0 Å². The Hall–Kier alpha value is -2.50. The molecule has 1 aromatic rings. The summed E-state index contributed by atoms with van der Waals surface area (Å²) in [7, 11) is 0. The Morgan fingerprint density at radius 3 is 2.70 bits per heavy atom. The smallest absolute Gasteiger partial charge is 0.249 e. The van der Waals surface area contributed by atoms with Crippen molar-refractivity contribution in [1.29, 1.82) is 0 Å². The van der Waals surface area contributed by atoms with Gasteiger partial charge in [0.15, 0.2) is 0 Å². The van der Waals surface area contributed by atoms with Crippen LogP contribution in [0, 0.1) is 12.8 Å². The van der Waals surface area contributed by atoms with Crippen LogP contribution >= 0.6 is 0 Å². The highest BCUT2D eigenvalue weighted by Gasteiger charge is 2.28. The number of hydrogen-bond acceptors (Lipinski definition) is 4. The molecule has 20 heavy (non-hydrogen) atoms. The van der Waals surface area contributed by atoms with Gasteiger partial charge < -0.3 is 0 Å². The van der Waals surface area contributed by atoms with Crippen molar-refractivity contribution in [3.63, 3.8) is 0 Å². The maximum absolute atomic E-state index is 11.7. The molecule has 1 heterocycles. The normalized spacial score (nSPS) is 18.0. The molecule has 1 aliphatic heterocycles. The summed E-state index contributed by atoms with van der Waals surface area (Å²) < 4.78 is 0. The first-order valence-electron chi connectivity index (χ1n) is 6.29. The zero-order valence-corrected chi connectivity index (χ0v) is 11.4. The van der Waals surface area contributed by atoms with Gasteiger partial charge in [-0.25, -0.2) is 10.9 Å². The molecule has 0 saturated carbocycles. The van der Waals surface area contributed by atoms with Crippen molar-refractivity contribution >= 4 is 23.7 Å². The lowest BCUT2D eigenvalue weighted by Gasteiger charge is -2.05. The number of amides is 2. The van der Waals surface area contributed by atoms with Crippen LogP contribution in [0.5, 0.6) is 0 Å². The third kappa shape index (κ3) is 3.50. The third-order valence-electron chi connectivity index (χ3n) is 3.03. The van der Waals surface area contributed by atoms with Gasteiger partial charge in [-0.3, -0.25) is 9.59 Å². The summed E-state index contributed by atoms with van der Waals surface area (Å²) in [5.41, 5.74) is 7.43. The molecule has 0 aliphatic carbocycles. The second kappa shape index (κ2) is 6.10. The van der Waals surface area contributed by atoms with Gasteiger partial charge in [0.25, 0.3) is 0 Å². The van der Waals surface area contributed by atoms with Crippen molar-refractivity contribution < 1.29 is 9.59 Å². The van der Waals surface area contributed by atoms with Crippen LogP contribution in [-0.4, -0.2) is 23.7 Å². The first-order valence-corrected chi connectivity index (χ1v) is 6.29. The number of hydrazone groups is 2. The van der Waals surface area contributed by atoms with Gasteiger partial charge in [0.05, 0.1) is 12.1 Å². The molecule has 2 rings (SSSR count). The van der Waals surface area contributed by atoms with E-state index >= 15 is 0 Å². The van der Waals surface area contributed by atoms with Crippen molar-refractivity contribution in [2.45, 2.75) is 20.3 Å². The fraction of sp³-hybridized carbons (Fsp3) is 0.286. The van der Waals surface area contributed by atoms with Gasteiger partial charge in [-0.15, -0.1) is 0 Å². The predicted molar refractivity (Wildman–Crippen MR) is 76.3 cm³/mol. The first kappa shape index (κ1) is 13.9. The Bertz CT molecular complexity index is 575. The molecular weight excluding hydrogens is 256 g/mol. The Morgan fingerprint density at radius 1 is 1.40 bits per heavy atom. The summed E-state index contributed by atoms with van der Waals surface area (Å²) in [5.74, 6) is -1.06. The number of rotatable bonds is 4. The maximum Gasteiger partial charge on any atom is 0.249 e. The van der Waals surface area contributed by atoms with Gasteiger partial charge in [-0.05, 0) is 19.4 Å². The molecular formula is C14H16N4O2. The van der Waals surface area contributed by atoms with E-state index in [1.807, 2.05) is 31.2 Å². The molecule has 1 atom stereocenters. The molecule has 1 aliphatic rings. The molecule has 0 unspecified atom stereocenters. The number of benzene rings is 1. The minimum Gasteiger partial charge on any atom is -0.273 e. The van der Waals surface area contributed by atoms with Crippen LogP contribution in [0.2, 0.25) is 0 Å². The number of hydrogen-bond donors (Lipinski definition) is 2. The molecule has 0 bridgehead atoms. The van der Waals surface area contributed by atoms with Crippen molar-refractivity contribution in [3.05, 3.63) is 35.4 Å². The number of carbonyl (C=O) groups is 2. The molecule has 2 N–H and O–H groups in total. The Morgan fingerprint density at radius 2 is 2.10 bits per heavy atom. The Kier molecular flexibility index (Phi) is 4.24. The van der Waals surface area contributed by atoms with Crippen LogP contribution in [0.3, 0.4) is 0 Å². The monoisotopic (exact) mass is 272 g/mol. The summed E-state index contributed by atoms with van der Waals surface area (Å²) in [4.78, 5) is 23.1. The molecule has 0 spiro atoms. The van der Waals surface area contributed by atoms with Crippen LogP contribution < -0.4 is 10.9 Å². The molecule has 0 radical (unpaired) electrons. The molecule has 0 saturated heterocycles. The topological polar surface area (TPSA) is 82.9 Å². The van der Waals surface area contributed by atoms with E-state index in [-0.39, 0.29) is 18.2 Å². The summed E-state index contributed by atoms with van der Waals surface area (Å²) in [5, 5.41) is 7.65. The fourth-order valence-corrected chi connectivity index (χ4v) is 1.79. The molecule has 6 nitrogen and oxygen atoms in total. The summed E-state index contributed by atoms with van der Waals surface area (Å²) in [6.45, 7) is 3.71. The number of aryl methyl sites for hydroxylation is 1. The average molecular weight is 272 g/mol. The van der Waals surface area contributed by atoms with E-state index in [4.69, 9.17) is 0 Å². The van der Waals surface area contributed by atoms with Gasteiger partial charge in [-0.2, -0.15) is 10.2 Å². The molecule has 1 aromatic carbocycles. The average Bonchev–Trinajstić information content (AvgIpc) is 2.73. The zero-order chi connectivity index (χ0) is 14.5. The predicted octanol–water partition coefficient (Wildman–Crippen LogP) is 0.957. The highest BCUT2D eigenvalue weighted by atomic mass is 16.2. The molecule has 0 fully saturated rings. The van der Waals surface area contributed by atoms with Gasteiger partial charge >= 0.3 is 0 Å². The van der Waals surface area contributed by atoms with E-state index < -0.39 is 5.92 Å². The summed E-state index contributed by atoms with van der Waals surface area (Å²) in [6, 6.07) is 7.75. The third-order valence-corrected chi connectivity index (χ3v) is 3.03. The van der Waals surface area contributed by atoms with Crippen LogP contribution in [0.1, 0.15) is 24.5 Å². The van der Waals surface area contributed by atoms with Gasteiger partial charge in [0, 0.05) is 12.1 Å². The number of nitrogens with zero attached hydrogens (tertiary/aromatic N) is 2. The van der Waals surface area contributed by atoms with E-state index in [0.717, 1.165) is 11.1 Å². The SMILES string of the molecule is CC1=NNC(=O)[C@H]1CC(=O)N/N=C\c1ccc(C)cc1. The van der Waals surface area contributed by atoms with Crippen molar-refractivity contribution in [1.82, 2.24) is 10.9 Å². The molecule has 6 heteroatoms. The van der Waals surface area contributed by atoms with E-state index in [0.29, 0.717) is 5.71 Å². The van der Waals surface area contributed by atoms with Gasteiger partial charge in [-0.1, -0.05) is 29.8 Å². The van der Waals surface area contributed by atoms with Crippen molar-refractivity contribution in [3.8, 4) is 0 Å². The lowest BCUT2D eigenvalue weighted by molar-refractivity contribution is -0.127. The van der Waals surface area contributed by atoms with E-state index in [9.17, 15) is 9.59 Å². The summed E-state index contributed by atoms with van der Waals surface area (Å²) >= 11 is 0. The van der Waals surface area contributed by atoms with Crippen LogP contribution in [0.25, 0.3) is 0 Å². The van der Waals surface area contributed by atoms with Crippen molar-refractivity contribution in [2.75, 3.05) is 0 Å². The van der Waals surface area contributed by atoms with Crippen molar-refractivity contribution in [2.24, 2.45) is 16.1 Å². The second-order valence-corrected chi connectivity index (χ2v) is 4.69. The summed E-state index contributed by atoms with van der Waals surface area (Å²) in [6.07, 6.45) is 1.61. The van der Waals surface area contributed by atoms with Crippen LogP contribution in [0.15, 0.2) is 34.5 Å². The minimum absolute atomic E-state index is 0.0480. The Balaban J connectivity index is 1.85. The lowest BCUT2D eigenvalue weighted by Crippen LogP contribution is -2.29. The van der Waals surface area contributed by atoms with E-state index in [1.165, 1.54) is 0 Å². The highest BCUT2D eigenvalue weighted by molar-refractivity contribution is 6.09. The van der Waals surface area contributed by atoms with Crippen LogP contribution in [0.4, 0.5) is 0 Å². The second-order valence-electron chi connectivity index (χ2n) is 4.69. The first-order chi connectivity index (χ1) is 9.56. The molecule has 104 valence electrons. The minimum atomic E-state index is -0.496. The molecule has 0 aromatic heterocycles. The molecule has 2 amide bonds. The van der Waals surface area contributed by atoms with E-state index in [2.05, 4.69) is 21.1 Å². The number of nitrogens with one attached hydrogen (secondary N) is 2. The lowest BCUT2D eigenvalue weighted by atomic mass is 10.0. The Labute approximate surface area is 116 Å². The van der Waals surface area contributed by atoms with E-state index in [1.54, 1.807) is 13.1 Å².